The summed E-state index contributed by atoms with van der Waals surface area (Å²) >= 11 is 1.77. The highest BCUT2D eigenvalue weighted by molar-refractivity contribution is 7.16. The van der Waals surface area contributed by atoms with Gasteiger partial charge >= 0.3 is 0 Å². The van der Waals surface area contributed by atoms with Crippen LogP contribution in [0.4, 0.5) is 0 Å². The Morgan fingerprint density at radius 1 is 1.18 bits per heavy atom. The molecular formula is C26H34N6S. The van der Waals surface area contributed by atoms with Crippen LogP contribution in [0.3, 0.4) is 0 Å². The number of allylic oxidation sites excluding steroid dienone is 3. The molecule has 174 valence electrons. The van der Waals surface area contributed by atoms with Gasteiger partial charge in [-0.25, -0.2) is 4.68 Å². The van der Waals surface area contributed by atoms with E-state index >= 15 is 0 Å². The fraction of sp³-hybridized carbons (Fsp3) is 0.538. The van der Waals surface area contributed by atoms with Crippen LogP contribution in [0, 0.1) is 18.3 Å². The fourth-order valence-electron chi connectivity index (χ4n) is 5.28. The van der Waals surface area contributed by atoms with E-state index in [1.807, 2.05) is 0 Å². The van der Waals surface area contributed by atoms with Gasteiger partial charge in [0.2, 0.25) is 0 Å². The number of hydrogen-bond donors (Lipinski definition) is 0. The zero-order valence-corrected chi connectivity index (χ0v) is 20.4. The molecule has 33 heavy (non-hydrogen) atoms. The average Bonchev–Trinajstić information content (AvgIpc) is 3.53. The zero-order chi connectivity index (χ0) is 22.6. The van der Waals surface area contributed by atoms with Crippen molar-refractivity contribution in [1.82, 2.24) is 29.7 Å². The molecule has 2 aromatic heterocycles. The molecule has 4 saturated heterocycles. The minimum Gasteiger partial charge on any atom is -0.304 e. The van der Waals surface area contributed by atoms with Crippen LogP contribution in [0.1, 0.15) is 30.2 Å². The van der Waals surface area contributed by atoms with Crippen molar-refractivity contribution in [2.45, 2.75) is 25.3 Å². The maximum Gasteiger partial charge on any atom is 0.123 e. The van der Waals surface area contributed by atoms with Gasteiger partial charge in [0.15, 0.2) is 0 Å². The standard InChI is InChI=1S/C26H34N6S/c1-3-4-6-22(7-5-12-30-17-15-29(2)16-18-30)25-8-9-26(33-25)23-19-32(28-27-23)24-20-31-13-10-21(24)11-14-31/h1,4,6-9,19,21,24H,5,10-18,20H2,2H3. The van der Waals surface area contributed by atoms with Gasteiger partial charge in [-0.15, -0.1) is 22.9 Å². The summed E-state index contributed by atoms with van der Waals surface area (Å²) in [4.78, 5) is 9.90. The van der Waals surface area contributed by atoms with Crippen LogP contribution in [-0.2, 0) is 0 Å². The number of terminal acetylenes is 1. The van der Waals surface area contributed by atoms with Gasteiger partial charge in [-0.05, 0) is 75.2 Å². The molecule has 4 aliphatic rings. The normalized spacial score (nSPS) is 26.8. The Balaban J connectivity index is 1.27. The Kier molecular flexibility index (Phi) is 7.07. The van der Waals surface area contributed by atoms with Crippen LogP contribution in [-0.4, -0.2) is 89.1 Å². The second kappa shape index (κ2) is 10.4. The summed E-state index contributed by atoms with van der Waals surface area (Å²) in [6.07, 6.45) is 17.4. The highest BCUT2D eigenvalue weighted by atomic mass is 32.1. The summed E-state index contributed by atoms with van der Waals surface area (Å²) < 4.78 is 2.12. The Labute approximate surface area is 201 Å². The van der Waals surface area contributed by atoms with E-state index in [2.05, 4.69) is 73.1 Å². The third-order valence-corrected chi connectivity index (χ3v) is 8.54. The van der Waals surface area contributed by atoms with E-state index in [-0.39, 0.29) is 0 Å². The number of piperidine rings is 3. The van der Waals surface area contributed by atoms with Gasteiger partial charge in [-0.3, -0.25) is 0 Å². The molecule has 1 atom stereocenters. The quantitative estimate of drug-likeness (QED) is 0.465. The van der Waals surface area contributed by atoms with Crippen LogP contribution < -0.4 is 0 Å². The first-order valence-corrected chi connectivity index (χ1v) is 13.0. The van der Waals surface area contributed by atoms with Gasteiger partial charge in [-0.1, -0.05) is 17.2 Å². The summed E-state index contributed by atoms with van der Waals surface area (Å²) in [5.41, 5.74) is 2.17. The number of nitrogens with zero attached hydrogens (tertiary/aromatic N) is 6. The van der Waals surface area contributed by atoms with Gasteiger partial charge in [0.1, 0.15) is 5.69 Å². The lowest BCUT2D eigenvalue weighted by molar-refractivity contribution is 0.0504. The molecule has 6 rings (SSSR count). The lowest BCUT2D eigenvalue weighted by atomic mass is 9.84. The van der Waals surface area contributed by atoms with Crippen molar-refractivity contribution < 1.29 is 0 Å². The van der Waals surface area contributed by atoms with Crippen molar-refractivity contribution in [3.8, 4) is 22.9 Å². The monoisotopic (exact) mass is 462 g/mol. The van der Waals surface area contributed by atoms with Crippen molar-refractivity contribution in [1.29, 1.82) is 0 Å². The molecule has 6 heterocycles. The molecule has 7 heteroatoms. The summed E-state index contributed by atoms with van der Waals surface area (Å²) in [7, 11) is 2.20. The Bertz CT molecular complexity index is 1030. The fourth-order valence-corrected chi connectivity index (χ4v) is 6.26. The molecule has 0 aliphatic carbocycles. The molecule has 4 aliphatic heterocycles. The summed E-state index contributed by atoms with van der Waals surface area (Å²) in [6.45, 7) is 9.30. The third kappa shape index (κ3) is 5.30. The molecule has 2 bridgehead atoms. The molecule has 1 unspecified atom stereocenters. The molecule has 6 nitrogen and oxygen atoms in total. The Hall–Kier alpha value is -2.24. The van der Waals surface area contributed by atoms with Crippen molar-refractivity contribution in [2.75, 3.05) is 59.4 Å². The van der Waals surface area contributed by atoms with Crippen LogP contribution in [0.2, 0.25) is 0 Å². The van der Waals surface area contributed by atoms with E-state index in [1.54, 1.807) is 17.4 Å². The van der Waals surface area contributed by atoms with Gasteiger partial charge < -0.3 is 14.7 Å². The first-order chi connectivity index (χ1) is 16.2. The summed E-state index contributed by atoms with van der Waals surface area (Å²) in [6, 6.07) is 4.83. The Morgan fingerprint density at radius 3 is 2.73 bits per heavy atom. The average molecular weight is 463 g/mol. The predicted molar refractivity (Wildman–Crippen MR) is 136 cm³/mol. The first-order valence-electron chi connectivity index (χ1n) is 12.2. The summed E-state index contributed by atoms with van der Waals surface area (Å²) in [5, 5.41) is 9.06. The number of aromatic nitrogens is 3. The maximum absolute atomic E-state index is 5.51. The van der Waals surface area contributed by atoms with Gasteiger partial charge in [0.25, 0.3) is 0 Å². The minimum atomic E-state index is 0.469. The van der Waals surface area contributed by atoms with E-state index in [4.69, 9.17) is 6.42 Å². The maximum atomic E-state index is 5.51. The highest BCUT2D eigenvalue weighted by Crippen LogP contribution is 2.37. The largest absolute Gasteiger partial charge is 0.304 e. The summed E-state index contributed by atoms with van der Waals surface area (Å²) in [5.74, 6) is 3.38. The number of fused-ring (bicyclic) bond motifs is 3. The number of piperazine rings is 1. The van der Waals surface area contributed by atoms with Crippen LogP contribution in [0.25, 0.3) is 16.1 Å². The molecular weight excluding hydrogens is 428 g/mol. The highest BCUT2D eigenvalue weighted by Gasteiger charge is 2.35. The first kappa shape index (κ1) is 22.5. The molecule has 0 aromatic carbocycles. The van der Waals surface area contributed by atoms with Crippen molar-refractivity contribution in [3.63, 3.8) is 0 Å². The predicted octanol–water partition coefficient (Wildman–Crippen LogP) is 3.48. The number of thiophene rings is 1. The van der Waals surface area contributed by atoms with E-state index < -0.39 is 0 Å². The molecule has 0 N–H and O–H groups in total. The van der Waals surface area contributed by atoms with Gasteiger partial charge in [-0.2, -0.15) is 0 Å². The Morgan fingerprint density at radius 2 is 2.00 bits per heavy atom. The molecule has 0 amide bonds. The third-order valence-electron chi connectivity index (χ3n) is 7.38. The van der Waals surface area contributed by atoms with Crippen LogP contribution >= 0.6 is 11.3 Å². The number of hydrogen-bond acceptors (Lipinski definition) is 6. The molecule has 4 fully saturated rings. The topological polar surface area (TPSA) is 40.4 Å². The molecule has 0 radical (unpaired) electrons. The second-order valence-corrected chi connectivity index (χ2v) is 10.6. The lowest BCUT2D eigenvalue weighted by Gasteiger charge is -2.44. The number of likely N-dealkylation sites (N-methyl/N-ethyl adjacent to an activating group) is 1. The van der Waals surface area contributed by atoms with Crippen LogP contribution in [0.5, 0.6) is 0 Å². The van der Waals surface area contributed by atoms with Crippen LogP contribution in [0.15, 0.2) is 36.6 Å². The smallest absolute Gasteiger partial charge is 0.123 e. The SMILES string of the molecule is C#CC=CC(=CCCN1CCN(C)CC1)c1ccc(-c2cn(C3CN4CCC3CC4)nn2)s1. The minimum absolute atomic E-state index is 0.469. The van der Waals surface area contributed by atoms with Gasteiger partial charge in [0, 0.05) is 44.1 Å². The van der Waals surface area contributed by atoms with Crippen molar-refractivity contribution >= 4 is 16.9 Å². The van der Waals surface area contributed by atoms with E-state index in [1.165, 1.54) is 36.4 Å². The van der Waals surface area contributed by atoms with Crippen molar-refractivity contribution in [2.24, 2.45) is 5.92 Å². The number of rotatable bonds is 7. The lowest BCUT2D eigenvalue weighted by Crippen LogP contribution is -2.48. The molecule has 2 aromatic rings. The molecule has 0 saturated carbocycles. The zero-order valence-electron chi connectivity index (χ0n) is 19.6. The van der Waals surface area contributed by atoms with Gasteiger partial charge in [0.05, 0.1) is 17.1 Å². The van der Waals surface area contributed by atoms with E-state index in [0.717, 1.165) is 62.2 Å². The van der Waals surface area contributed by atoms with Crippen molar-refractivity contribution in [3.05, 3.63) is 41.4 Å². The second-order valence-electron chi connectivity index (χ2n) is 9.55. The van der Waals surface area contributed by atoms with E-state index in [0.29, 0.717) is 6.04 Å². The molecule has 0 spiro atoms. The van der Waals surface area contributed by atoms with E-state index in [9.17, 15) is 0 Å².